The Morgan fingerprint density at radius 2 is 1.63 bits per heavy atom. The predicted octanol–water partition coefficient (Wildman–Crippen LogP) is -0.732. The van der Waals surface area contributed by atoms with Gasteiger partial charge in [0, 0.05) is 6.07 Å². The van der Waals surface area contributed by atoms with E-state index in [0.717, 1.165) is 12.1 Å². The minimum absolute atomic E-state index is 0. The van der Waals surface area contributed by atoms with E-state index in [1.54, 1.807) is 0 Å². The van der Waals surface area contributed by atoms with Crippen LogP contribution in [-0.2, 0) is 21.9 Å². The number of hydrogen-bond donors (Lipinski definition) is 0. The number of carbonyl (C=O) groups is 2. The molecule has 0 amide bonds. The van der Waals surface area contributed by atoms with Crippen LogP contribution >= 0.6 is 0 Å². The molecule has 0 atom stereocenters. The summed E-state index contributed by atoms with van der Waals surface area (Å²) in [5.74, 6) is -2.72. The molecule has 0 bridgehead atoms. The van der Waals surface area contributed by atoms with Gasteiger partial charge in [0.2, 0.25) is 0 Å². The first-order valence-electron chi connectivity index (χ1n) is 4.59. The number of rotatable bonds is 3. The van der Waals surface area contributed by atoms with E-state index < -0.39 is 28.1 Å². The van der Waals surface area contributed by atoms with E-state index in [-0.39, 0.29) is 22.6 Å². The first kappa shape index (κ1) is 19.2. The number of nitrogens with zero attached hydrogens (tertiary/aromatic N) is 1. The molecule has 8 heteroatoms. The summed E-state index contributed by atoms with van der Waals surface area (Å²) >= 11 is 0. The van der Waals surface area contributed by atoms with Crippen LogP contribution in [0, 0.1) is 10.1 Å². The Bertz CT molecular complexity index is 455. The van der Waals surface area contributed by atoms with Gasteiger partial charge >= 0.3 is 17.1 Å². The van der Waals surface area contributed by atoms with Gasteiger partial charge in [0.05, 0.1) is 22.4 Å². The third-order valence-electron chi connectivity index (χ3n) is 1.67. The smallest absolute Gasteiger partial charge is 0.545 e. The number of nitro groups is 1. The number of para-hydroxylation sites is 1. The fraction of sp³-hybridized carbons (Fsp3) is 0.0909. The summed E-state index contributed by atoms with van der Waals surface area (Å²) in [6.07, 6.45) is 0. The van der Waals surface area contributed by atoms with Gasteiger partial charge in [-0.25, -0.2) is 0 Å². The van der Waals surface area contributed by atoms with Crippen molar-refractivity contribution in [2.45, 2.75) is 6.92 Å². The van der Waals surface area contributed by atoms with Crippen molar-refractivity contribution in [2.24, 2.45) is 0 Å². The SMILES string of the molecule is C=C(C)C(=O)[O-].O=C([O-])c1ccccc1[N+](=O)[O-].[Cu+2]. The van der Waals surface area contributed by atoms with Gasteiger partial charge in [-0.2, -0.15) is 0 Å². The Hall–Kier alpha value is -2.18. The molecule has 0 fully saturated rings. The average Bonchev–Trinajstić information content (AvgIpc) is 2.29. The third kappa shape index (κ3) is 6.97. The minimum atomic E-state index is -1.54. The summed E-state index contributed by atoms with van der Waals surface area (Å²) in [7, 11) is 0. The van der Waals surface area contributed by atoms with Crippen molar-refractivity contribution in [1.82, 2.24) is 0 Å². The maximum Gasteiger partial charge on any atom is 2.00 e. The van der Waals surface area contributed by atoms with Crippen LogP contribution in [0.5, 0.6) is 0 Å². The Morgan fingerprint density at radius 3 is 1.89 bits per heavy atom. The van der Waals surface area contributed by atoms with Gasteiger partial charge in [0.25, 0.3) is 5.69 Å². The summed E-state index contributed by atoms with van der Waals surface area (Å²) in [5.41, 5.74) is -0.782. The molecule has 105 valence electrons. The Kier molecular flexibility index (Phi) is 8.92. The van der Waals surface area contributed by atoms with E-state index in [1.807, 2.05) is 0 Å². The molecule has 0 aliphatic rings. The number of aromatic carboxylic acids is 1. The molecule has 0 saturated heterocycles. The quantitative estimate of drug-likeness (QED) is 0.313. The number of carboxylic acid groups (broad SMARTS) is 2. The molecule has 1 aromatic rings. The van der Waals surface area contributed by atoms with Gasteiger partial charge in [0.1, 0.15) is 0 Å². The number of aliphatic carboxylic acids is 1. The van der Waals surface area contributed by atoms with E-state index in [4.69, 9.17) is 0 Å². The van der Waals surface area contributed by atoms with Crippen LogP contribution in [0.15, 0.2) is 36.4 Å². The summed E-state index contributed by atoms with van der Waals surface area (Å²) in [5, 5.41) is 30.0. The maximum atomic E-state index is 10.3. The zero-order valence-corrected chi connectivity index (χ0v) is 10.7. The van der Waals surface area contributed by atoms with Crippen LogP contribution in [0.2, 0.25) is 0 Å². The maximum absolute atomic E-state index is 10.3. The van der Waals surface area contributed by atoms with Crippen molar-refractivity contribution in [3.8, 4) is 0 Å². The summed E-state index contributed by atoms with van der Waals surface area (Å²) in [6, 6.07) is 5.04. The van der Waals surface area contributed by atoms with Crippen LogP contribution in [-0.4, -0.2) is 16.9 Å². The predicted molar refractivity (Wildman–Crippen MR) is 57.2 cm³/mol. The van der Waals surface area contributed by atoms with Crippen molar-refractivity contribution in [3.63, 3.8) is 0 Å². The van der Waals surface area contributed by atoms with Gasteiger partial charge < -0.3 is 19.8 Å². The van der Waals surface area contributed by atoms with Crippen LogP contribution in [0.1, 0.15) is 17.3 Å². The van der Waals surface area contributed by atoms with Crippen LogP contribution in [0.3, 0.4) is 0 Å². The number of nitro benzene ring substituents is 1. The zero-order valence-electron chi connectivity index (χ0n) is 9.71. The molecule has 0 unspecified atom stereocenters. The number of benzene rings is 1. The average molecular weight is 315 g/mol. The Labute approximate surface area is 119 Å². The number of hydrogen-bond acceptors (Lipinski definition) is 6. The zero-order chi connectivity index (χ0) is 14.3. The first-order valence-corrected chi connectivity index (χ1v) is 4.59. The molecule has 1 radical (unpaired) electrons. The largest absolute Gasteiger partial charge is 2.00 e. The fourth-order valence-corrected chi connectivity index (χ4v) is 0.805. The van der Waals surface area contributed by atoms with Crippen LogP contribution < -0.4 is 10.2 Å². The molecule has 19 heavy (non-hydrogen) atoms. The molecule has 0 saturated carbocycles. The van der Waals surface area contributed by atoms with E-state index in [0.29, 0.717) is 0 Å². The fourth-order valence-electron chi connectivity index (χ4n) is 0.805. The molecule has 0 aliphatic carbocycles. The molecule has 0 aromatic heterocycles. The van der Waals surface area contributed by atoms with E-state index >= 15 is 0 Å². The molecule has 1 aromatic carbocycles. The molecule has 1 rings (SSSR count). The van der Waals surface area contributed by atoms with E-state index in [2.05, 4.69) is 6.58 Å². The molecular weight excluding hydrogens is 306 g/mol. The molecule has 7 nitrogen and oxygen atoms in total. The van der Waals surface area contributed by atoms with Crippen molar-refractivity contribution in [3.05, 3.63) is 52.1 Å². The van der Waals surface area contributed by atoms with Gasteiger partial charge in [-0.05, 0) is 18.6 Å². The molecule has 0 aliphatic heterocycles. The van der Waals surface area contributed by atoms with Crippen molar-refractivity contribution in [2.75, 3.05) is 0 Å². The molecule has 0 spiro atoms. The van der Waals surface area contributed by atoms with Gasteiger partial charge in [-0.1, -0.05) is 18.7 Å². The standard InChI is InChI=1S/C7H5NO4.C4H6O2.Cu/c9-7(10)5-3-1-2-4-6(5)8(11)12;1-3(2)4(5)6;/h1-4H,(H,9,10);1H2,2H3,(H,5,6);/q;;+2/p-2. The minimum Gasteiger partial charge on any atom is -0.545 e. The number of carbonyl (C=O) groups excluding carboxylic acids is 2. The van der Waals surface area contributed by atoms with Crippen LogP contribution in [0.4, 0.5) is 5.69 Å². The summed E-state index contributed by atoms with van der Waals surface area (Å²) in [4.78, 5) is 29.3. The molecular formula is C11H9CuNO6. The monoisotopic (exact) mass is 314 g/mol. The van der Waals surface area contributed by atoms with Gasteiger partial charge in [-0.3, -0.25) is 10.1 Å². The van der Waals surface area contributed by atoms with E-state index in [9.17, 15) is 29.9 Å². The molecule has 0 heterocycles. The normalized spacial score (nSPS) is 8.26. The first-order chi connectivity index (χ1) is 8.27. The summed E-state index contributed by atoms with van der Waals surface area (Å²) in [6.45, 7) is 4.48. The van der Waals surface area contributed by atoms with Crippen molar-refractivity contribution >= 4 is 17.6 Å². The molecule has 0 N–H and O–H groups in total. The number of carboxylic acids is 2. The topological polar surface area (TPSA) is 123 Å². The third-order valence-corrected chi connectivity index (χ3v) is 1.67. The van der Waals surface area contributed by atoms with E-state index in [1.165, 1.54) is 19.1 Å². The Morgan fingerprint density at radius 1 is 1.21 bits per heavy atom. The van der Waals surface area contributed by atoms with Crippen molar-refractivity contribution < 1.29 is 41.8 Å². The Balaban J connectivity index is 0. The van der Waals surface area contributed by atoms with Crippen LogP contribution in [0.25, 0.3) is 0 Å². The second-order valence-electron chi connectivity index (χ2n) is 3.13. The second kappa shape index (κ2) is 8.84. The van der Waals surface area contributed by atoms with Crippen molar-refractivity contribution in [1.29, 1.82) is 0 Å². The van der Waals surface area contributed by atoms with Gasteiger partial charge in [0.15, 0.2) is 0 Å². The second-order valence-corrected chi connectivity index (χ2v) is 3.13. The van der Waals surface area contributed by atoms with Gasteiger partial charge in [-0.15, -0.1) is 0 Å². The summed E-state index contributed by atoms with van der Waals surface area (Å²) < 4.78 is 0.